The summed E-state index contributed by atoms with van der Waals surface area (Å²) in [6.07, 6.45) is 3.45. The number of rotatable bonds is 6. The lowest BCUT2D eigenvalue weighted by Crippen LogP contribution is -2.49. The highest BCUT2D eigenvalue weighted by Crippen LogP contribution is 2.60. The second kappa shape index (κ2) is 8.92. The average Bonchev–Trinajstić information content (AvgIpc) is 3.11. The van der Waals surface area contributed by atoms with Crippen molar-refractivity contribution in [3.05, 3.63) is 39.3 Å². The highest BCUT2D eigenvalue weighted by molar-refractivity contribution is 7.09. The summed E-state index contributed by atoms with van der Waals surface area (Å²) in [5.41, 5.74) is 4.16. The third-order valence-electron chi connectivity index (χ3n) is 8.20. The van der Waals surface area contributed by atoms with Gasteiger partial charge in [-0.2, -0.15) is 5.10 Å². The van der Waals surface area contributed by atoms with E-state index >= 15 is 0 Å². The first-order valence-electron chi connectivity index (χ1n) is 12.3. The molecule has 4 heterocycles. The van der Waals surface area contributed by atoms with Crippen LogP contribution < -0.4 is 0 Å². The van der Waals surface area contributed by atoms with E-state index in [2.05, 4.69) is 62.8 Å². The van der Waals surface area contributed by atoms with E-state index < -0.39 is 0 Å². The zero-order chi connectivity index (χ0) is 22.3. The fourth-order valence-corrected chi connectivity index (χ4v) is 6.62. The zero-order valence-electron chi connectivity index (χ0n) is 19.8. The minimum Gasteiger partial charge on any atom is -0.340 e. The highest BCUT2D eigenvalue weighted by Gasteiger charge is 2.59. The number of likely N-dealkylation sites (tertiary alicyclic amines) is 1. The minimum atomic E-state index is 0.278. The van der Waals surface area contributed by atoms with Gasteiger partial charge < -0.3 is 4.90 Å². The Bertz CT molecular complexity index is 936. The number of aryl methyl sites for hydroxylation is 2. The van der Waals surface area contributed by atoms with Crippen molar-refractivity contribution in [2.45, 2.75) is 59.7 Å². The highest BCUT2D eigenvalue weighted by atomic mass is 32.1. The number of carbonyl (C=O) groups is 1. The molecular formula is C25H37N5OS. The van der Waals surface area contributed by atoms with E-state index in [0.29, 0.717) is 11.3 Å². The normalized spacial score (nSPS) is 23.7. The van der Waals surface area contributed by atoms with Crippen molar-refractivity contribution in [3.63, 3.8) is 0 Å². The molecule has 0 unspecified atom stereocenters. The van der Waals surface area contributed by atoms with E-state index in [4.69, 9.17) is 0 Å². The van der Waals surface area contributed by atoms with Gasteiger partial charge >= 0.3 is 0 Å². The van der Waals surface area contributed by atoms with Gasteiger partial charge in [0.2, 0.25) is 5.91 Å². The molecular weight excluding hydrogens is 418 g/mol. The van der Waals surface area contributed by atoms with Crippen molar-refractivity contribution >= 4 is 17.2 Å². The van der Waals surface area contributed by atoms with Crippen molar-refractivity contribution in [2.24, 2.45) is 11.3 Å². The molecule has 2 aliphatic heterocycles. The third kappa shape index (κ3) is 4.27. The molecule has 0 bridgehead atoms. The molecule has 174 valence electrons. The maximum atomic E-state index is 13.2. The lowest BCUT2D eigenvalue weighted by molar-refractivity contribution is -0.135. The van der Waals surface area contributed by atoms with Crippen LogP contribution in [-0.2, 0) is 24.4 Å². The molecule has 0 N–H and O–H groups in total. The standard InChI is InChI=1S/C25H37N5OS/c1-4-30-20(3)22(19(2)26-30)18-27-9-7-25(8-10-27)16-23(25)24(31)29-13-11-28(12-14-29)17-21-6-5-15-32-21/h5-6,15,23H,4,7-14,16-18H2,1-3H3/t23-/m0/s1. The topological polar surface area (TPSA) is 44.6 Å². The molecule has 3 aliphatic rings. The van der Waals surface area contributed by atoms with E-state index in [1.165, 1.54) is 34.7 Å². The predicted octanol–water partition coefficient (Wildman–Crippen LogP) is 3.53. The fourth-order valence-electron chi connectivity index (χ4n) is 5.87. The van der Waals surface area contributed by atoms with Crippen LogP contribution in [0.1, 0.15) is 48.0 Å². The van der Waals surface area contributed by atoms with Gasteiger partial charge in [0.15, 0.2) is 0 Å². The maximum absolute atomic E-state index is 13.2. The number of amides is 1. The first-order valence-corrected chi connectivity index (χ1v) is 13.2. The summed E-state index contributed by atoms with van der Waals surface area (Å²) >= 11 is 1.83. The Morgan fingerprint density at radius 1 is 1.09 bits per heavy atom. The smallest absolute Gasteiger partial charge is 0.226 e. The first-order chi connectivity index (χ1) is 15.5. The number of hydrogen-bond acceptors (Lipinski definition) is 5. The van der Waals surface area contributed by atoms with Crippen LogP contribution in [0.3, 0.4) is 0 Å². The monoisotopic (exact) mass is 455 g/mol. The van der Waals surface area contributed by atoms with Gasteiger partial charge in [0.1, 0.15) is 0 Å². The molecule has 0 aromatic carbocycles. The molecule has 2 aromatic heterocycles. The number of piperazine rings is 1. The zero-order valence-corrected chi connectivity index (χ0v) is 20.7. The second-order valence-electron chi connectivity index (χ2n) is 10.0. The molecule has 1 saturated carbocycles. The number of nitrogens with zero attached hydrogens (tertiary/aromatic N) is 5. The van der Waals surface area contributed by atoms with Crippen LogP contribution in [0, 0.1) is 25.2 Å². The number of thiophene rings is 1. The van der Waals surface area contributed by atoms with Gasteiger partial charge in [-0.05, 0) is 70.0 Å². The number of piperidine rings is 1. The van der Waals surface area contributed by atoms with Gasteiger partial charge in [0.25, 0.3) is 0 Å². The molecule has 1 atom stereocenters. The molecule has 5 rings (SSSR count). The van der Waals surface area contributed by atoms with Gasteiger partial charge in [-0.15, -0.1) is 11.3 Å². The first kappa shape index (κ1) is 22.1. The lowest BCUT2D eigenvalue weighted by atomic mass is 9.90. The number of hydrogen-bond donors (Lipinski definition) is 0. The molecule has 2 saturated heterocycles. The van der Waals surface area contributed by atoms with Crippen LogP contribution in [0.25, 0.3) is 0 Å². The maximum Gasteiger partial charge on any atom is 0.226 e. The van der Waals surface area contributed by atoms with Crippen molar-refractivity contribution in [2.75, 3.05) is 39.3 Å². The van der Waals surface area contributed by atoms with Crippen molar-refractivity contribution in [1.29, 1.82) is 0 Å². The Morgan fingerprint density at radius 3 is 2.44 bits per heavy atom. The van der Waals surface area contributed by atoms with E-state index in [9.17, 15) is 4.79 Å². The van der Waals surface area contributed by atoms with Gasteiger partial charge in [-0.1, -0.05) is 6.07 Å². The van der Waals surface area contributed by atoms with E-state index in [1.54, 1.807) is 0 Å². The Hall–Kier alpha value is -1.70. The van der Waals surface area contributed by atoms with Crippen molar-refractivity contribution < 1.29 is 4.79 Å². The third-order valence-corrected chi connectivity index (χ3v) is 9.06. The van der Waals surface area contributed by atoms with Crippen LogP contribution in [0.4, 0.5) is 0 Å². The van der Waals surface area contributed by atoms with E-state index in [-0.39, 0.29) is 5.92 Å². The van der Waals surface area contributed by atoms with Crippen molar-refractivity contribution in [3.8, 4) is 0 Å². The summed E-state index contributed by atoms with van der Waals surface area (Å²) < 4.78 is 2.12. The molecule has 1 spiro atoms. The Labute approximate surface area is 196 Å². The largest absolute Gasteiger partial charge is 0.340 e. The Balaban J connectivity index is 1.10. The van der Waals surface area contributed by atoms with Crippen LogP contribution in [0.2, 0.25) is 0 Å². The quantitative estimate of drug-likeness (QED) is 0.669. The summed E-state index contributed by atoms with van der Waals surface area (Å²) in [5, 5.41) is 6.83. The summed E-state index contributed by atoms with van der Waals surface area (Å²) in [4.78, 5) is 21.9. The number of aromatic nitrogens is 2. The van der Waals surface area contributed by atoms with Gasteiger partial charge in [-0.3, -0.25) is 19.3 Å². The predicted molar refractivity (Wildman–Crippen MR) is 129 cm³/mol. The summed E-state index contributed by atoms with van der Waals surface area (Å²) in [6.45, 7) is 15.4. The molecule has 0 radical (unpaired) electrons. The molecule has 7 heteroatoms. The SMILES string of the molecule is CCn1nc(C)c(CN2CCC3(CC2)C[C@H]3C(=O)N2CCN(Cc3cccs3)CC2)c1C. The molecule has 32 heavy (non-hydrogen) atoms. The van der Waals surface area contributed by atoms with Crippen LogP contribution >= 0.6 is 11.3 Å². The fraction of sp³-hybridized carbons (Fsp3) is 0.680. The van der Waals surface area contributed by atoms with Crippen LogP contribution in [0.5, 0.6) is 0 Å². The summed E-state index contributed by atoms with van der Waals surface area (Å²) in [7, 11) is 0. The molecule has 1 amide bonds. The minimum absolute atomic E-state index is 0.278. The van der Waals surface area contributed by atoms with E-state index in [0.717, 1.165) is 65.3 Å². The van der Waals surface area contributed by atoms with Crippen molar-refractivity contribution in [1.82, 2.24) is 24.5 Å². The van der Waals surface area contributed by atoms with Gasteiger partial charge in [-0.25, -0.2) is 0 Å². The lowest BCUT2D eigenvalue weighted by Gasteiger charge is -2.36. The summed E-state index contributed by atoms with van der Waals surface area (Å²) in [5.74, 6) is 0.713. The Morgan fingerprint density at radius 2 is 1.81 bits per heavy atom. The number of carbonyl (C=O) groups excluding carboxylic acids is 1. The molecule has 1 aliphatic carbocycles. The second-order valence-corrected chi connectivity index (χ2v) is 11.1. The van der Waals surface area contributed by atoms with E-state index in [1.807, 2.05) is 11.3 Å². The van der Waals surface area contributed by atoms with Gasteiger partial charge in [0, 0.05) is 67.9 Å². The average molecular weight is 456 g/mol. The summed E-state index contributed by atoms with van der Waals surface area (Å²) in [6, 6.07) is 4.33. The van der Waals surface area contributed by atoms with Crippen LogP contribution in [-0.4, -0.2) is 69.7 Å². The molecule has 3 fully saturated rings. The van der Waals surface area contributed by atoms with Gasteiger partial charge in [0.05, 0.1) is 5.69 Å². The molecule has 2 aromatic rings. The molecule has 6 nitrogen and oxygen atoms in total. The van der Waals surface area contributed by atoms with Crippen LogP contribution in [0.15, 0.2) is 17.5 Å². The Kier molecular flexibility index (Phi) is 6.16.